The fourth-order valence-electron chi connectivity index (χ4n) is 1.60. The molecule has 0 aliphatic carbocycles. The molecule has 0 aliphatic heterocycles. The van der Waals surface area contributed by atoms with Gasteiger partial charge in [0, 0.05) is 13.0 Å². The van der Waals surface area contributed by atoms with Gasteiger partial charge in [0.25, 0.3) is 0 Å². The van der Waals surface area contributed by atoms with Crippen molar-refractivity contribution in [1.82, 2.24) is 5.32 Å². The van der Waals surface area contributed by atoms with Crippen LogP contribution in [-0.2, 0) is 16.0 Å². The molecule has 0 heterocycles. The van der Waals surface area contributed by atoms with Gasteiger partial charge in [-0.3, -0.25) is 9.59 Å². The van der Waals surface area contributed by atoms with E-state index in [4.69, 9.17) is 5.11 Å². The molecule has 23 heavy (non-hydrogen) atoms. The van der Waals surface area contributed by atoms with Crippen molar-refractivity contribution in [2.45, 2.75) is 33.1 Å². The number of benzene rings is 1. The van der Waals surface area contributed by atoms with E-state index in [1.54, 1.807) is 0 Å². The lowest BCUT2D eigenvalue weighted by Gasteiger charge is -2.19. The van der Waals surface area contributed by atoms with Gasteiger partial charge in [-0.2, -0.15) is 0 Å². The molecule has 5 nitrogen and oxygen atoms in total. The van der Waals surface area contributed by atoms with Gasteiger partial charge >= 0.3 is 12.3 Å². The summed E-state index contributed by atoms with van der Waals surface area (Å²) in [5.74, 6) is -1.66. The largest absolute Gasteiger partial charge is 0.573 e. The number of alkyl halides is 3. The van der Waals surface area contributed by atoms with Crippen molar-refractivity contribution in [3.8, 4) is 5.75 Å². The monoisotopic (exact) mass is 333 g/mol. The van der Waals surface area contributed by atoms with Crippen molar-refractivity contribution in [1.29, 1.82) is 0 Å². The molecule has 0 atom stereocenters. The van der Waals surface area contributed by atoms with Gasteiger partial charge in [-0.25, -0.2) is 0 Å². The third-order valence-corrected chi connectivity index (χ3v) is 3.10. The molecule has 1 rings (SSSR count). The van der Waals surface area contributed by atoms with E-state index in [9.17, 15) is 22.8 Å². The summed E-state index contributed by atoms with van der Waals surface area (Å²) < 4.78 is 39.8. The summed E-state index contributed by atoms with van der Waals surface area (Å²) in [6.07, 6.45) is -4.31. The lowest BCUT2D eigenvalue weighted by Crippen LogP contribution is -2.38. The quantitative estimate of drug-likeness (QED) is 0.804. The first-order valence-electron chi connectivity index (χ1n) is 6.84. The number of halogens is 3. The van der Waals surface area contributed by atoms with Crippen LogP contribution in [0.1, 0.15) is 25.8 Å². The first-order valence-corrected chi connectivity index (χ1v) is 6.84. The van der Waals surface area contributed by atoms with Gasteiger partial charge < -0.3 is 15.2 Å². The Labute approximate surface area is 131 Å². The second-order valence-electron chi connectivity index (χ2n) is 5.66. The zero-order valence-electron chi connectivity index (χ0n) is 12.7. The van der Waals surface area contributed by atoms with Gasteiger partial charge in [0.2, 0.25) is 5.91 Å². The number of amides is 1. The van der Waals surface area contributed by atoms with Gasteiger partial charge in [-0.05, 0) is 38.0 Å². The van der Waals surface area contributed by atoms with Crippen LogP contribution in [0.15, 0.2) is 24.3 Å². The Bertz CT molecular complexity index is 553. The Hall–Kier alpha value is -2.25. The molecule has 0 spiro atoms. The van der Waals surface area contributed by atoms with Crippen molar-refractivity contribution in [2.75, 3.05) is 6.54 Å². The first kappa shape index (κ1) is 18.8. The van der Waals surface area contributed by atoms with E-state index < -0.39 is 17.7 Å². The van der Waals surface area contributed by atoms with E-state index in [0.29, 0.717) is 12.0 Å². The number of carboxylic acid groups (broad SMARTS) is 1. The molecule has 2 N–H and O–H groups in total. The molecule has 0 aromatic heterocycles. The van der Waals surface area contributed by atoms with Crippen LogP contribution in [0.5, 0.6) is 5.75 Å². The minimum Gasteiger partial charge on any atom is -0.481 e. The highest BCUT2D eigenvalue weighted by Crippen LogP contribution is 2.23. The van der Waals surface area contributed by atoms with Crippen LogP contribution >= 0.6 is 0 Å². The van der Waals surface area contributed by atoms with Crippen molar-refractivity contribution >= 4 is 11.9 Å². The minimum atomic E-state index is -4.74. The number of hydrogen-bond acceptors (Lipinski definition) is 3. The SMILES string of the molecule is CC(C)(CNC(=O)CCc1ccc(OC(F)(F)F)cc1)C(=O)O. The number of rotatable bonds is 7. The first-order chi connectivity index (χ1) is 10.5. The molecule has 1 aromatic carbocycles. The molecule has 0 saturated carbocycles. The predicted octanol–water partition coefficient (Wildman–Crippen LogP) is 2.74. The van der Waals surface area contributed by atoms with Crippen molar-refractivity contribution in [2.24, 2.45) is 5.41 Å². The van der Waals surface area contributed by atoms with Crippen molar-refractivity contribution in [3.63, 3.8) is 0 Å². The van der Waals surface area contributed by atoms with E-state index in [1.165, 1.54) is 38.1 Å². The highest BCUT2D eigenvalue weighted by atomic mass is 19.4. The minimum absolute atomic E-state index is 0.000469. The summed E-state index contributed by atoms with van der Waals surface area (Å²) in [6.45, 7) is 2.99. The average Bonchev–Trinajstić information content (AvgIpc) is 2.42. The molecular formula is C15H18F3NO4. The summed E-state index contributed by atoms with van der Waals surface area (Å²) in [5, 5.41) is 11.4. The maximum Gasteiger partial charge on any atom is 0.573 e. The molecule has 0 aliphatic rings. The van der Waals surface area contributed by atoms with Gasteiger partial charge in [-0.1, -0.05) is 12.1 Å². The molecular weight excluding hydrogens is 315 g/mol. The lowest BCUT2D eigenvalue weighted by atomic mass is 9.94. The summed E-state index contributed by atoms with van der Waals surface area (Å²) in [6, 6.07) is 5.23. The Morgan fingerprint density at radius 2 is 1.74 bits per heavy atom. The highest BCUT2D eigenvalue weighted by Gasteiger charge is 2.31. The molecule has 128 valence electrons. The Balaban J connectivity index is 2.43. The van der Waals surface area contributed by atoms with Crippen LogP contribution in [0.2, 0.25) is 0 Å². The molecule has 0 radical (unpaired) electrons. The molecule has 1 aromatic rings. The fourth-order valence-corrected chi connectivity index (χ4v) is 1.60. The Morgan fingerprint density at radius 3 is 2.22 bits per heavy atom. The third kappa shape index (κ3) is 7.03. The van der Waals surface area contributed by atoms with Crippen molar-refractivity contribution < 1.29 is 32.6 Å². The van der Waals surface area contributed by atoms with Crippen LogP contribution in [0, 0.1) is 5.41 Å². The molecule has 8 heteroatoms. The number of hydrogen-bond donors (Lipinski definition) is 2. The topological polar surface area (TPSA) is 75.6 Å². The van der Waals surface area contributed by atoms with Gasteiger partial charge in [-0.15, -0.1) is 13.2 Å². The number of aryl methyl sites for hydroxylation is 1. The van der Waals surface area contributed by atoms with Crippen LogP contribution in [0.25, 0.3) is 0 Å². The van der Waals surface area contributed by atoms with Crippen molar-refractivity contribution in [3.05, 3.63) is 29.8 Å². The maximum absolute atomic E-state index is 12.0. The van der Waals surface area contributed by atoms with Gasteiger partial charge in [0.05, 0.1) is 5.41 Å². The second-order valence-corrected chi connectivity index (χ2v) is 5.66. The van der Waals surface area contributed by atoms with E-state index in [0.717, 1.165) is 0 Å². The highest BCUT2D eigenvalue weighted by molar-refractivity contribution is 5.78. The number of ether oxygens (including phenoxy) is 1. The number of carboxylic acids is 1. The summed E-state index contributed by atoms with van der Waals surface area (Å²) in [5.41, 5.74) is -0.390. The van der Waals surface area contributed by atoms with E-state index in [1.807, 2.05) is 0 Å². The van der Waals surface area contributed by atoms with Crippen LogP contribution in [0.4, 0.5) is 13.2 Å². The summed E-state index contributed by atoms with van der Waals surface area (Å²) in [7, 11) is 0. The smallest absolute Gasteiger partial charge is 0.481 e. The molecule has 0 bridgehead atoms. The van der Waals surface area contributed by atoms with E-state index >= 15 is 0 Å². The van der Waals surface area contributed by atoms with Gasteiger partial charge in [0.15, 0.2) is 0 Å². The van der Waals surface area contributed by atoms with Gasteiger partial charge in [0.1, 0.15) is 5.75 Å². The fraction of sp³-hybridized carbons (Fsp3) is 0.467. The van der Waals surface area contributed by atoms with Crippen LogP contribution in [0.3, 0.4) is 0 Å². The maximum atomic E-state index is 12.0. The number of carbonyl (C=O) groups excluding carboxylic acids is 1. The normalized spacial score (nSPS) is 11.9. The van der Waals surface area contributed by atoms with Crippen LogP contribution in [-0.4, -0.2) is 29.9 Å². The van der Waals surface area contributed by atoms with E-state index in [-0.39, 0.29) is 24.6 Å². The number of aliphatic carboxylic acids is 1. The molecule has 0 saturated heterocycles. The standard InChI is InChI=1S/C15H18F3NO4/c1-14(2,13(21)22)9-19-12(20)8-5-10-3-6-11(7-4-10)23-15(16,17)18/h3-4,6-7H,5,8-9H2,1-2H3,(H,19,20)(H,21,22). The predicted molar refractivity (Wildman–Crippen MR) is 75.9 cm³/mol. The summed E-state index contributed by atoms with van der Waals surface area (Å²) >= 11 is 0. The molecule has 1 amide bonds. The lowest BCUT2D eigenvalue weighted by molar-refractivity contribution is -0.274. The number of nitrogens with one attached hydrogen (secondary N) is 1. The van der Waals surface area contributed by atoms with Crippen LogP contribution < -0.4 is 10.1 Å². The Kier molecular flexibility index (Phi) is 6.00. The number of carbonyl (C=O) groups is 2. The zero-order chi connectivity index (χ0) is 17.7. The second kappa shape index (κ2) is 7.34. The Morgan fingerprint density at radius 1 is 1.17 bits per heavy atom. The summed E-state index contributed by atoms with van der Waals surface area (Å²) in [4.78, 5) is 22.6. The average molecular weight is 333 g/mol. The van der Waals surface area contributed by atoms with E-state index in [2.05, 4.69) is 10.1 Å². The molecule has 0 unspecified atom stereocenters. The molecule has 0 fully saturated rings. The third-order valence-electron chi connectivity index (χ3n) is 3.10. The zero-order valence-corrected chi connectivity index (χ0v) is 12.7.